The molecule has 19 heavy (non-hydrogen) atoms. The van der Waals surface area contributed by atoms with Gasteiger partial charge in [-0.3, -0.25) is 4.79 Å². The minimum absolute atomic E-state index is 0.0915. The van der Waals surface area contributed by atoms with Gasteiger partial charge in [0.15, 0.2) is 0 Å². The number of nitrogens with zero attached hydrogens (tertiary/aromatic N) is 1. The summed E-state index contributed by atoms with van der Waals surface area (Å²) in [6.45, 7) is 0.916. The van der Waals surface area contributed by atoms with Gasteiger partial charge in [0.2, 0.25) is 0 Å². The minimum atomic E-state index is -0.150. The number of halogens is 1. The summed E-state index contributed by atoms with van der Waals surface area (Å²) in [5, 5.41) is 5.14. The summed E-state index contributed by atoms with van der Waals surface area (Å²) in [5.74, 6) is 0.0915. The largest absolute Gasteiger partial charge is 0.354 e. The molecule has 1 unspecified atom stereocenters. The third kappa shape index (κ3) is 1.71. The number of hydrogen-bond donors (Lipinski definition) is 1. The third-order valence-corrected chi connectivity index (χ3v) is 5.41. The minimum Gasteiger partial charge on any atom is -0.354 e. The summed E-state index contributed by atoms with van der Waals surface area (Å²) in [4.78, 5) is 16.0. The zero-order valence-electron chi connectivity index (χ0n) is 10.0. The predicted octanol–water partition coefficient (Wildman–Crippen LogP) is 3.41. The first-order chi connectivity index (χ1) is 9.24. The average molecular weight is 382 g/mol. The maximum Gasteiger partial charge on any atom is 0.251 e. The van der Waals surface area contributed by atoms with Crippen molar-refractivity contribution in [3.63, 3.8) is 0 Å². The van der Waals surface area contributed by atoms with Gasteiger partial charge in [-0.2, -0.15) is 0 Å². The molecular formula is C14H11IN2OS. The van der Waals surface area contributed by atoms with Crippen LogP contribution < -0.4 is 10.2 Å². The average Bonchev–Trinajstić information content (AvgIpc) is 2.86. The van der Waals surface area contributed by atoms with Gasteiger partial charge in [-0.15, -0.1) is 11.3 Å². The zero-order chi connectivity index (χ0) is 13.0. The van der Waals surface area contributed by atoms with Gasteiger partial charge in [0, 0.05) is 15.0 Å². The van der Waals surface area contributed by atoms with E-state index in [1.165, 1.54) is 10.4 Å². The highest BCUT2D eigenvalue weighted by Gasteiger charge is 2.38. The Kier molecular flexibility index (Phi) is 2.60. The van der Waals surface area contributed by atoms with E-state index in [4.69, 9.17) is 0 Å². The first-order valence-electron chi connectivity index (χ1n) is 6.17. The van der Waals surface area contributed by atoms with Gasteiger partial charge in [0.05, 0.1) is 11.4 Å². The SMILES string of the molecule is O=C1Nc2cc(I)ccc2N2CCc3sccc3C12. The van der Waals surface area contributed by atoms with Crippen molar-refractivity contribution in [2.45, 2.75) is 12.5 Å². The van der Waals surface area contributed by atoms with E-state index in [2.05, 4.69) is 56.4 Å². The molecule has 0 saturated heterocycles. The fourth-order valence-corrected chi connectivity index (χ4v) is 4.31. The molecule has 2 aliphatic rings. The van der Waals surface area contributed by atoms with E-state index in [1.807, 2.05) is 6.07 Å². The van der Waals surface area contributed by atoms with E-state index in [1.54, 1.807) is 11.3 Å². The lowest BCUT2D eigenvalue weighted by atomic mass is 9.96. The van der Waals surface area contributed by atoms with Crippen LogP contribution in [-0.4, -0.2) is 12.5 Å². The number of carbonyl (C=O) groups excluding carboxylic acids is 1. The summed E-state index contributed by atoms with van der Waals surface area (Å²) in [6, 6.07) is 8.18. The summed E-state index contributed by atoms with van der Waals surface area (Å²) >= 11 is 4.03. The number of anilines is 2. The second-order valence-electron chi connectivity index (χ2n) is 4.80. The van der Waals surface area contributed by atoms with Crippen molar-refractivity contribution >= 4 is 51.2 Å². The highest BCUT2D eigenvalue weighted by atomic mass is 127. The van der Waals surface area contributed by atoms with Crippen LogP contribution in [0.4, 0.5) is 11.4 Å². The Bertz CT molecular complexity index is 682. The van der Waals surface area contributed by atoms with Crippen molar-refractivity contribution in [1.29, 1.82) is 0 Å². The molecule has 0 aliphatic carbocycles. The number of benzene rings is 1. The van der Waals surface area contributed by atoms with Crippen LogP contribution in [0.2, 0.25) is 0 Å². The molecule has 1 N–H and O–H groups in total. The molecule has 4 rings (SSSR count). The Morgan fingerprint density at radius 2 is 2.26 bits per heavy atom. The van der Waals surface area contributed by atoms with Crippen LogP contribution >= 0.6 is 33.9 Å². The normalized spacial score (nSPS) is 20.4. The standard InChI is InChI=1S/C14H11IN2OS/c15-8-1-2-11-10(7-8)16-14(18)13-9-4-6-19-12(9)3-5-17(11)13/h1-2,4,6-7,13H,3,5H2,(H,16,18). The first kappa shape index (κ1) is 11.7. The Balaban J connectivity index is 1.88. The van der Waals surface area contributed by atoms with Crippen LogP contribution in [0.15, 0.2) is 29.6 Å². The molecule has 0 bridgehead atoms. The van der Waals surface area contributed by atoms with Crippen LogP contribution in [0, 0.1) is 3.57 Å². The summed E-state index contributed by atoms with van der Waals surface area (Å²) in [5.41, 5.74) is 3.26. The van der Waals surface area contributed by atoms with Crippen LogP contribution in [0.25, 0.3) is 0 Å². The molecule has 0 fully saturated rings. The maximum absolute atomic E-state index is 12.4. The number of amides is 1. The molecule has 3 heterocycles. The van der Waals surface area contributed by atoms with Gasteiger partial charge in [-0.25, -0.2) is 0 Å². The Labute approximate surface area is 128 Å². The van der Waals surface area contributed by atoms with Crippen LogP contribution in [0.3, 0.4) is 0 Å². The van der Waals surface area contributed by atoms with Crippen molar-refractivity contribution in [1.82, 2.24) is 0 Å². The number of nitrogens with one attached hydrogen (secondary N) is 1. The topological polar surface area (TPSA) is 32.3 Å². The molecule has 1 amide bonds. The molecule has 0 saturated carbocycles. The fraction of sp³-hybridized carbons (Fsp3) is 0.214. The first-order valence-corrected chi connectivity index (χ1v) is 8.13. The molecule has 0 radical (unpaired) electrons. The lowest BCUT2D eigenvalue weighted by molar-refractivity contribution is -0.117. The lowest BCUT2D eigenvalue weighted by Crippen LogP contribution is -2.45. The molecule has 5 heteroatoms. The molecule has 1 atom stereocenters. The molecule has 96 valence electrons. The van der Waals surface area contributed by atoms with Crippen molar-refractivity contribution < 1.29 is 4.79 Å². The van der Waals surface area contributed by atoms with E-state index < -0.39 is 0 Å². The molecule has 1 aromatic carbocycles. The van der Waals surface area contributed by atoms with Crippen molar-refractivity contribution in [3.8, 4) is 0 Å². The van der Waals surface area contributed by atoms with E-state index in [0.29, 0.717) is 0 Å². The highest BCUT2D eigenvalue weighted by Crippen LogP contribution is 2.43. The van der Waals surface area contributed by atoms with E-state index in [0.717, 1.165) is 27.9 Å². The molecule has 0 spiro atoms. The number of rotatable bonds is 0. The third-order valence-electron chi connectivity index (χ3n) is 3.74. The quantitative estimate of drug-likeness (QED) is 0.709. The maximum atomic E-state index is 12.4. The van der Waals surface area contributed by atoms with E-state index in [9.17, 15) is 4.79 Å². The summed E-state index contributed by atoms with van der Waals surface area (Å²) in [6.07, 6.45) is 1.03. The second-order valence-corrected chi connectivity index (χ2v) is 7.04. The van der Waals surface area contributed by atoms with Gasteiger partial charge in [0.25, 0.3) is 5.91 Å². The molecule has 3 nitrogen and oxygen atoms in total. The van der Waals surface area contributed by atoms with Crippen molar-refractivity contribution in [2.75, 3.05) is 16.8 Å². The van der Waals surface area contributed by atoms with Crippen LogP contribution in [-0.2, 0) is 11.2 Å². The fourth-order valence-electron chi connectivity index (χ4n) is 2.92. The van der Waals surface area contributed by atoms with E-state index >= 15 is 0 Å². The van der Waals surface area contributed by atoms with Crippen molar-refractivity contribution in [2.24, 2.45) is 0 Å². The number of carbonyl (C=O) groups is 1. The Hall–Kier alpha value is -1.08. The molecule has 2 aliphatic heterocycles. The van der Waals surface area contributed by atoms with E-state index in [-0.39, 0.29) is 11.9 Å². The second kappa shape index (κ2) is 4.21. The zero-order valence-corrected chi connectivity index (χ0v) is 13.0. The van der Waals surface area contributed by atoms with Gasteiger partial charge in [-0.1, -0.05) is 0 Å². The molecular weight excluding hydrogens is 371 g/mol. The van der Waals surface area contributed by atoms with Crippen LogP contribution in [0.1, 0.15) is 16.5 Å². The van der Waals surface area contributed by atoms with Gasteiger partial charge >= 0.3 is 0 Å². The Morgan fingerprint density at radius 1 is 1.37 bits per heavy atom. The molecule has 2 aromatic rings. The summed E-state index contributed by atoms with van der Waals surface area (Å²) < 4.78 is 1.14. The summed E-state index contributed by atoms with van der Waals surface area (Å²) in [7, 11) is 0. The lowest BCUT2D eigenvalue weighted by Gasteiger charge is -2.41. The molecule has 1 aromatic heterocycles. The monoisotopic (exact) mass is 382 g/mol. The predicted molar refractivity (Wildman–Crippen MR) is 85.9 cm³/mol. The van der Waals surface area contributed by atoms with Crippen LogP contribution in [0.5, 0.6) is 0 Å². The number of thiophene rings is 1. The number of fused-ring (bicyclic) bond motifs is 5. The van der Waals surface area contributed by atoms with Crippen molar-refractivity contribution in [3.05, 3.63) is 43.7 Å². The van der Waals surface area contributed by atoms with Gasteiger partial charge < -0.3 is 10.2 Å². The highest BCUT2D eigenvalue weighted by molar-refractivity contribution is 14.1. The van der Waals surface area contributed by atoms with Gasteiger partial charge in [0.1, 0.15) is 6.04 Å². The smallest absolute Gasteiger partial charge is 0.251 e. The Morgan fingerprint density at radius 3 is 3.16 bits per heavy atom. The van der Waals surface area contributed by atoms with Gasteiger partial charge in [-0.05, 0) is 64.2 Å². The number of hydrogen-bond acceptors (Lipinski definition) is 3.